The molecule has 2 N–H and O–H groups in total. The molecule has 0 aromatic heterocycles. The molecule has 1 atom stereocenters. The molecule has 18 heavy (non-hydrogen) atoms. The molecular weight excluding hydrogens is 248 g/mol. The van der Waals surface area contributed by atoms with E-state index < -0.39 is 0 Å². The van der Waals surface area contributed by atoms with Crippen molar-refractivity contribution in [2.45, 2.75) is 33.3 Å². The fourth-order valence-corrected chi connectivity index (χ4v) is 1.52. The van der Waals surface area contributed by atoms with Gasteiger partial charge in [-0.3, -0.25) is 4.79 Å². The Hall–Kier alpha value is -1.62. The molecule has 0 heterocycles. The van der Waals surface area contributed by atoms with E-state index in [1.807, 2.05) is 31.2 Å². The molecule has 0 saturated carbocycles. The van der Waals surface area contributed by atoms with Crippen LogP contribution < -0.4 is 15.4 Å². The lowest BCUT2D eigenvalue weighted by molar-refractivity contribution is -0.117. The van der Waals surface area contributed by atoms with Gasteiger partial charge >= 0.3 is 0 Å². The zero-order valence-corrected chi connectivity index (χ0v) is 11.6. The molecule has 0 aliphatic rings. The van der Waals surface area contributed by atoms with Crippen molar-refractivity contribution in [1.29, 1.82) is 0 Å². The number of ether oxygens (including phenoxy) is 1. The topological polar surface area (TPSA) is 50.4 Å². The number of anilines is 1. The first-order valence-corrected chi connectivity index (χ1v) is 6.27. The number of amides is 1. The molecule has 1 rings (SSSR count). The third kappa shape index (κ3) is 5.14. The van der Waals surface area contributed by atoms with Gasteiger partial charge in [-0.25, -0.2) is 0 Å². The van der Waals surface area contributed by atoms with Gasteiger partial charge in [0.15, 0.2) is 5.11 Å². The van der Waals surface area contributed by atoms with E-state index in [1.54, 1.807) is 0 Å². The molecule has 5 heteroatoms. The molecule has 0 radical (unpaired) electrons. The summed E-state index contributed by atoms with van der Waals surface area (Å²) < 4.78 is 5.66. The van der Waals surface area contributed by atoms with Crippen LogP contribution in [-0.2, 0) is 4.79 Å². The van der Waals surface area contributed by atoms with Crippen molar-refractivity contribution < 1.29 is 9.53 Å². The number of hydrogen-bond acceptors (Lipinski definition) is 3. The first-order valence-electron chi connectivity index (χ1n) is 5.86. The number of thiocarbonyl (C=S) groups is 1. The second-order valence-electron chi connectivity index (χ2n) is 4.00. The summed E-state index contributed by atoms with van der Waals surface area (Å²) in [7, 11) is 0. The van der Waals surface area contributed by atoms with Crippen molar-refractivity contribution in [3.05, 3.63) is 24.3 Å². The summed E-state index contributed by atoms with van der Waals surface area (Å²) in [5.74, 6) is 0.629. The zero-order valence-electron chi connectivity index (χ0n) is 10.8. The summed E-state index contributed by atoms with van der Waals surface area (Å²) in [5.41, 5.74) is 0.810. The first kappa shape index (κ1) is 14.4. The quantitative estimate of drug-likeness (QED) is 0.823. The number of hydrogen-bond donors (Lipinski definition) is 2. The Balaban J connectivity index is 2.55. The standard InChI is InChI=1S/C13H18N2O2S/c1-4-9(2)17-12-7-5-11(6-8-12)15-13(18)14-10(3)16/h5-9H,4H2,1-3H3,(H2,14,15,16,18). The van der Waals surface area contributed by atoms with Gasteiger partial charge in [-0.2, -0.15) is 0 Å². The molecule has 0 bridgehead atoms. The van der Waals surface area contributed by atoms with Gasteiger partial charge in [0.1, 0.15) is 5.75 Å². The van der Waals surface area contributed by atoms with Crippen LogP contribution in [0.3, 0.4) is 0 Å². The first-order chi connectivity index (χ1) is 8.51. The van der Waals surface area contributed by atoms with Crippen molar-refractivity contribution in [3.63, 3.8) is 0 Å². The number of rotatable bonds is 4. The Morgan fingerprint density at radius 1 is 1.39 bits per heavy atom. The van der Waals surface area contributed by atoms with Crippen LogP contribution in [-0.4, -0.2) is 17.1 Å². The summed E-state index contributed by atoms with van der Waals surface area (Å²) >= 11 is 4.96. The summed E-state index contributed by atoms with van der Waals surface area (Å²) in [6, 6.07) is 7.44. The Kier molecular flexibility index (Phi) is 5.58. The monoisotopic (exact) mass is 266 g/mol. The van der Waals surface area contributed by atoms with Gasteiger partial charge in [0.25, 0.3) is 0 Å². The van der Waals surface area contributed by atoms with Gasteiger partial charge in [0, 0.05) is 12.6 Å². The largest absolute Gasteiger partial charge is 0.491 e. The molecule has 0 aliphatic carbocycles. The summed E-state index contributed by atoms with van der Waals surface area (Å²) in [6.07, 6.45) is 1.16. The van der Waals surface area contributed by atoms with E-state index in [0.717, 1.165) is 17.9 Å². The van der Waals surface area contributed by atoms with Crippen LogP contribution >= 0.6 is 12.2 Å². The molecule has 1 aromatic carbocycles. The van der Waals surface area contributed by atoms with Gasteiger partial charge in [-0.05, 0) is 49.8 Å². The average molecular weight is 266 g/mol. The second kappa shape index (κ2) is 6.96. The van der Waals surface area contributed by atoms with Gasteiger partial charge in [-0.1, -0.05) is 6.92 Å². The summed E-state index contributed by atoms with van der Waals surface area (Å²) in [6.45, 7) is 5.52. The minimum atomic E-state index is -0.191. The maximum Gasteiger partial charge on any atom is 0.222 e. The molecule has 1 amide bonds. The highest BCUT2D eigenvalue weighted by molar-refractivity contribution is 7.80. The van der Waals surface area contributed by atoms with E-state index in [0.29, 0.717) is 0 Å². The maximum atomic E-state index is 10.8. The van der Waals surface area contributed by atoms with Crippen LogP contribution in [0.5, 0.6) is 5.75 Å². The molecule has 1 aromatic rings. The lowest BCUT2D eigenvalue weighted by atomic mass is 10.3. The third-order valence-corrected chi connectivity index (χ3v) is 2.52. The minimum absolute atomic E-state index is 0.191. The van der Waals surface area contributed by atoms with E-state index in [2.05, 4.69) is 17.6 Å². The highest BCUT2D eigenvalue weighted by atomic mass is 32.1. The van der Waals surface area contributed by atoms with E-state index in [9.17, 15) is 4.79 Å². The molecule has 0 aliphatic heterocycles. The van der Waals surface area contributed by atoms with Crippen LogP contribution in [0.1, 0.15) is 27.2 Å². The molecular formula is C13H18N2O2S. The molecule has 1 unspecified atom stereocenters. The second-order valence-corrected chi connectivity index (χ2v) is 4.40. The van der Waals surface area contributed by atoms with Gasteiger partial charge in [-0.15, -0.1) is 0 Å². The van der Waals surface area contributed by atoms with E-state index in [4.69, 9.17) is 17.0 Å². The highest BCUT2D eigenvalue weighted by Gasteiger charge is 2.02. The van der Waals surface area contributed by atoms with E-state index in [1.165, 1.54) is 6.92 Å². The molecule has 0 spiro atoms. The number of carbonyl (C=O) groups excluding carboxylic acids is 1. The van der Waals surface area contributed by atoms with Crippen molar-refractivity contribution in [2.75, 3.05) is 5.32 Å². The zero-order chi connectivity index (χ0) is 13.5. The van der Waals surface area contributed by atoms with Crippen molar-refractivity contribution in [2.24, 2.45) is 0 Å². The summed E-state index contributed by atoms with van der Waals surface area (Å²) in [5, 5.41) is 5.70. The fraction of sp³-hybridized carbons (Fsp3) is 0.385. The van der Waals surface area contributed by atoms with Gasteiger partial charge in [0.2, 0.25) is 5.91 Å². The normalized spacial score (nSPS) is 11.5. The number of nitrogens with one attached hydrogen (secondary N) is 2. The maximum absolute atomic E-state index is 10.8. The Labute approximate surface area is 113 Å². The van der Waals surface area contributed by atoms with Crippen LogP contribution in [0.4, 0.5) is 5.69 Å². The van der Waals surface area contributed by atoms with Crippen LogP contribution in [0.2, 0.25) is 0 Å². The van der Waals surface area contributed by atoms with Crippen LogP contribution in [0, 0.1) is 0 Å². The molecule has 4 nitrogen and oxygen atoms in total. The minimum Gasteiger partial charge on any atom is -0.491 e. The van der Waals surface area contributed by atoms with Crippen LogP contribution in [0.15, 0.2) is 24.3 Å². The lowest BCUT2D eigenvalue weighted by Crippen LogP contribution is -2.32. The summed E-state index contributed by atoms with van der Waals surface area (Å²) in [4.78, 5) is 10.8. The van der Waals surface area contributed by atoms with Crippen molar-refractivity contribution in [1.82, 2.24) is 5.32 Å². The Bertz CT molecular complexity index is 418. The number of benzene rings is 1. The Morgan fingerprint density at radius 2 is 2.00 bits per heavy atom. The molecule has 0 fully saturated rings. The predicted molar refractivity (Wildman–Crippen MR) is 76.9 cm³/mol. The average Bonchev–Trinajstić information content (AvgIpc) is 2.30. The molecule has 0 saturated heterocycles. The van der Waals surface area contributed by atoms with Crippen molar-refractivity contribution >= 4 is 28.9 Å². The lowest BCUT2D eigenvalue weighted by Gasteiger charge is -2.13. The van der Waals surface area contributed by atoms with E-state index in [-0.39, 0.29) is 17.1 Å². The van der Waals surface area contributed by atoms with E-state index >= 15 is 0 Å². The smallest absolute Gasteiger partial charge is 0.222 e. The third-order valence-electron chi connectivity index (χ3n) is 2.31. The van der Waals surface area contributed by atoms with Crippen LogP contribution in [0.25, 0.3) is 0 Å². The highest BCUT2D eigenvalue weighted by Crippen LogP contribution is 2.17. The van der Waals surface area contributed by atoms with Gasteiger partial charge < -0.3 is 15.4 Å². The van der Waals surface area contributed by atoms with Gasteiger partial charge in [0.05, 0.1) is 6.10 Å². The fourth-order valence-electron chi connectivity index (χ4n) is 1.25. The van der Waals surface area contributed by atoms with Crippen molar-refractivity contribution in [3.8, 4) is 5.75 Å². The SMILES string of the molecule is CCC(C)Oc1ccc(NC(=S)NC(C)=O)cc1. The molecule has 98 valence electrons. The predicted octanol–water partition coefficient (Wildman–Crippen LogP) is 2.70. The Morgan fingerprint density at radius 3 is 2.50 bits per heavy atom. The number of carbonyl (C=O) groups is 1.